The van der Waals surface area contributed by atoms with Crippen LogP contribution in [0.4, 0.5) is 5.69 Å². The number of rotatable bonds is 6. The van der Waals surface area contributed by atoms with Crippen molar-refractivity contribution in [3.05, 3.63) is 94.2 Å². The number of hydrogen-bond donors (Lipinski definition) is 1. The Kier molecular flexibility index (Phi) is 5.92. The third kappa shape index (κ3) is 4.86. The van der Waals surface area contributed by atoms with Crippen molar-refractivity contribution in [1.29, 1.82) is 0 Å². The molecule has 0 spiro atoms. The van der Waals surface area contributed by atoms with Crippen molar-refractivity contribution < 1.29 is 9.59 Å². The number of carbonyl (C=O) groups is 2. The number of carbonyl (C=O) groups excluding carboxylic acids is 2. The van der Waals surface area contributed by atoms with Crippen molar-refractivity contribution in [2.24, 2.45) is 0 Å². The largest absolute Gasteiger partial charge is 0.322 e. The monoisotopic (exact) mass is 408 g/mol. The van der Waals surface area contributed by atoms with E-state index in [0.717, 1.165) is 15.7 Å². The Morgan fingerprint density at radius 2 is 1.62 bits per heavy atom. The van der Waals surface area contributed by atoms with Crippen LogP contribution in [0.5, 0.6) is 0 Å². The summed E-state index contributed by atoms with van der Waals surface area (Å²) in [6.07, 6.45) is 2.35. The van der Waals surface area contributed by atoms with Crippen molar-refractivity contribution in [2.75, 3.05) is 5.32 Å². The summed E-state index contributed by atoms with van der Waals surface area (Å²) >= 11 is 3.37. The molecule has 0 bridgehead atoms. The fourth-order valence-corrected chi connectivity index (χ4v) is 3.01. The molecule has 26 heavy (non-hydrogen) atoms. The van der Waals surface area contributed by atoms with Crippen molar-refractivity contribution in [2.45, 2.75) is 12.8 Å². The van der Waals surface area contributed by atoms with Crippen LogP contribution in [0.3, 0.4) is 0 Å². The van der Waals surface area contributed by atoms with Gasteiger partial charge in [-0.2, -0.15) is 0 Å². The molecule has 1 amide bonds. The van der Waals surface area contributed by atoms with E-state index in [9.17, 15) is 9.59 Å². The summed E-state index contributed by atoms with van der Waals surface area (Å²) in [6, 6.07) is 20.1. The molecule has 2 aromatic carbocycles. The first-order chi connectivity index (χ1) is 12.6. The highest BCUT2D eigenvalue weighted by molar-refractivity contribution is 9.10. The Morgan fingerprint density at radius 3 is 2.31 bits per heavy atom. The van der Waals surface area contributed by atoms with Crippen LogP contribution in [-0.2, 0) is 17.6 Å². The van der Waals surface area contributed by atoms with Crippen molar-refractivity contribution in [1.82, 2.24) is 4.98 Å². The third-order valence-electron chi connectivity index (χ3n) is 3.84. The second-order valence-electron chi connectivity index (χ2n) is 5.84. The molecule has 0 saturated carbocycles. The van der Waals surface area contributed by atoms with Gasteiger partial charge in [0.1, 0.15) is 5.78 Å². The van der Waals surface area contributed by atoms with Crippen molar-refractivity contribution >= 4 is 33.3 Å². The Bertz CT molecular complexity index is 909. The maximum atomic E-state index is 12.3. The normalized spacial score (nSPS) is 10.3. The zero-order valence-electron chi connectivity index (χ0n) is 14.0. The van der Waals surface area contributed by atoms with Gasteiger partial charge in [-0.3, -0.25) is 14.6 Å². The molecule has 130 valence electrons. The Balaban J connectivity index is 1.59. The molecule has 1 N–H and O–H groups in total. The zero-order chi connectivity index (χ0) is 18.4. The van der Waals surface area contributed by atoms with Gasteiger partial charge < -0.3 is 5.32 Å². The number of benzene rings is 2. The van der Waals surface area contributed by atoms with Gasteiger partial charge in [0.05, 0.1) is 5.56 Å². The molecule has 0 atom stereocenters. The number of hydrogen-bond acceptors (Lipinski definition) is 3. The lowest BCUT2D eigenvalue weighted by Crippen LogP contribution is -2.12. The van der Waals surface area contributed by atoms with Crippen LogP contribution in [0.2, 0.25) is 0 Å². The summed E-state index contributed by atoms with van der Waals surface area (Å²) in [5.41, 5.74) is 2.94. The van der Waals surface area contributed by atoms with Gasteiger partial charge in [0.15, 0.2) is 0 Å². The van der Waals surface area contributed by atoms with Crippen molar-refractivity contribution in [3.8, 4) is 0 Å². The molecule has 3 aromatic rings. The predicted molar refractivity (Wildman–Crippen MR) is 105 cm³/mol. The average Bonchev–Trinajstić information content (AvgIpc) is 2.64. The number of Topliss-reactive ketones (excluding diaryl/α,β-unsaturated/α-hetero) is 1. The van der Waals surface area contributed by atoms with Crippen LogP contribution >= 0.6 is 15.9 Å². The second kappa shape index (κ2) is 8.54. The van der Waals surface area contributed by atoms with Crippen LogP contribution in [0.15, 0.2) is 77.4 Å². The van der Waals surface area contributed by atoms with Crippen molar-refractivity contribution in [3.63, 3.8) is 0 Å². The summed E-state index contributed by atoms with van der Waals surface area (Å²) < 4.78 is 0.745. The molecule has 0 radical (unpaired) electrons. The minimum absolute atomic E-state index is 0.105. The maximum Gasteiger partial charge on any atom is 0.256 e. The summed E-state index contributed by atoms with van der Waals surface area (Å²) in [6.45, 7) is 0. The summed E-state index contributed by atoms with van der Waals surface area (Å²) in [5, 5.41) is 2.86. The number of nitrogens with one attached hydrogen (secondary N) is 1. The van der Waals surface area contributed by atoms with E-state index in [1.54, 1.807) is 24.4 Å². The molecule has 0 unspecified atom stereocenters. The maximum absolute atomic E-state index is 12.3. The van der Waals surface area contributed by atoms with E-state index >= 15 is 0 Å². The lowest BCUT2D eigenvalue weighted by Gasteiger charge is -2.08. The van der Waals surface area contributed by atoms with Gasteiger partial charge in [0, 0.05) is 34.9 Å². The standard InChI is InChI=1S/C21H17BrN2O2/c22-20-7-2-1-6-19(20)21(26)24-16-10-8-15(9-11-16)13-18(25)14-17-5-3-4-12-23-17/h1-12H,13-14H2,(H,24,26). The Labute approximate surface area is 160 Å². The number of amides is 1. The summed E-state index contributed by atoms with van der Waals surface area (Å²) in [4.78, 5) is 28.6. The highest BCUT2D eigenvalue weighted by Crippen LogP contribution is 2.18. The minimum Gasteiger partial charge on any atom is -0.322 e. The molecule has 3 rings (SSSR count). The second-order valence-corrected chi connectivity index (χ2v) is 6.70. The molecule has 1 aromatic heterocycles. The number of halogens is 1. The topological polar surface area (TPSA) is 59.1 Å². The quantitative estimate of drug-likeness (QED) is 0.655. The highest BCUT2D eigenvalue weighted by Gasteiger charge is 2.10. The lowest BCUT2D eigenvalue weighted by atomic mass is 10.0. The molecule has 5 heteroatoms. The van der Waals surface area contributed by atoms with E-state index in [1.165, 1.54) is 0 Å². The van der Waals surface area contributed by atoms with Gasteiger partial charge in [-0.15, -0.1) is 0 Å². The molecule has 4 nitrogen and oxygen atoms in total. The lowest BCUT2D eigenvalue weighted by molar-refractivity contribution is -0.117. The molecule has 1 heterocycles. The first-order valence-corrected chi connectivity index (χ1v) is 8.97. The van der Waals surface area contributed by atoms with Crippen LogP contribution < -0.4 is 5.32 Å². The fraction of sp³-hybridized carbons (Fsp3) is 0.0952. The molecule has 0 saturated heterocycles. The molecular formula is C21H17BrN2O2. The van der Waals surface area contributed by atoms with E-state index in [-0.39, 0.29) is 11.7 Å². The molecule has 0 aliphatic heterocycles. The average molecular weight is 409 g/mol. The van der Waals surface area contributed by atoms with E-state index in [2.05, 4.69) is 26.2 Å². The summed E-state index contributed by atoms with van der Waals surface area (Å²) in [7, 11) is 0. The molecule has 0 aliphatic carbocycles. The first-order valence-electron chi connectivity index (χ1n) is 8.18. The van der Waals surface area contributed by atoms with Crippen LogP contribution in [0.1, 0.15) is 21.6 Å². The molecule has 0 aliphatic rings. The Hall–Kier alpha value is -2.79. The van der Waals surface area contributed by atoms with Gasteiger partial charge in [0.2, 0.25) is 0 Å². The minimum atomic E-state index is -0.184. The zero-order valence-corrected chi connectivity index (χ0v) is 15.6. The molecule has 0 fully saturated rings. The number of anilines is 1. The van der Waals surface area contributed by atoms with Crippen LogP contribution in [0, 0.1) is 0 Å². The first kappa shape index (κ1) is 18.0. The molecular weight excluding hydrogens is 392 g/mol. The van der Waals surface area contributed by atoms with Crippen LogP contribution in [0.25, 0.3) is 0 Å². The number of nitrogens with zero attached hydrogens (tertiary/aromatic N) is 1. The van der Waals surface area contributed by atoms with Crippen LogP contribution in [-0.4, -0.2) is 16.7 Å². The van der Waals surface area contributed by atoms with E-state index < -0.39 is 0 Å². The van der Waals surface area contributed by atoms with Gasteiger partial charge in [0.25, 0.3) is 5.91 Å². The van der Waals surface area contributed by atoms with Gasteiger partial charge in [-0.05, 0) is 57.9 Å². The van der Waals surface area contributed by atoms with E-state index in [0.29, 0.717) is 24.1 Å². The van der Waals surface area contributed by atoms with E-state index in [4.69, 9.17) is 0 Å². The SMILES string of the molecule is O=C(Cc1ccc(NC(=O)c2ccccc2Br)cc1)Cc1ccccn1. The van der Waals surface area contributed by atoms with E-state index in [1.807, 2.05) is 48.5 Å². The predicted octanol–water partition coefficient (Wildman–Crippen LogP) is 4.45. The smallest absolute Gasteiger partial charge is 0.256 e. The Morgan fingerprint density at radius 1 is 0.885 bits per heavy atom. The van der Waals surface area contributed by atoms with Gasteiger partial charge in [-0.25, -0.2) is 0 Å². The summed E-state index contributed by atoms with van der Waals surface area (Å²) in [5.74, 6) is -0.0786. The van der Waals surface area contributed by atoms with Gasteiger partial charge in [-0.1, -0.05) is 30.3 Å². The fourth-order valence-electron chi connectivity index (χ4n) is 2.54. The number of pyridine rings is 1. The number of aromatic nitrogens is 1. The highest BCUT2D eigenvalue weighted by atomic mass is 79.9. The number of ketones is 1. The van der Waals surface area contributed by atoms with Gasteiger partial charge >= 0.3 is 0 Å². The third-order valence-corrected chi connectivity index (χ3v) is 4.53.